The Hall–Kier alpha value is -1.19. The molecule has 0 aliphatic carbocycles. The molecule has 1 heterocycles. The first-order valence-electron chi connectivity index (χ1n) is 5.42. The molecule has 1 aromatic carbocycles. The van der Waals surface area contributed by atoms with Crippen molar-refractivity contribution in [3.05, 3.63) is 57.9 Å². The van der Waals surface area contributed by atoms with Gasteiger partial charge >= 0.3 is 0 Å². The Morgan fingerprint density at radius 2 is 2.06 bits per heavy atom. The van der Waals surface area contributed by atoms with Gasteiger partial charge in [0, 0.05) is 22.7 Å². The average Bonchev–Trinajstić information content (AvgIpc) is 2.33. The SMILES string of the molecule is Cc1cc(CCl)nc(Cc2c(F)cccc2Cl)n1. The average molecular weight is 285 g/mol. The molecule has 0 fully saturated rings. The molecule has 2 rings (SSSR count). The van der Waals surface area contributed by atoms with E-state index in [1.807, 2.05) is 6.92 Å². The Kier molecular flexibility index (Phi) is 4.15. The van der Waals surface area contributed by atoms with Crippen LogP contribution in [-0.2, 0) is 12.3 Å². The van der Waals surface area contributed by atoms with Gasteiger partial charge in [0.1, 0.15) is 11.6 Å². The smallest absolute Gasteiger partial charge is 0.133 e. The van der Waals surface area contributed by atoms with E-state index in [1.165, 1.54) is 6.07 Å². The van der Waals surface area contributed by atoms with Gasteiger partial charge in [0.05, 0.1) is 11.6 Å². The third-order valence-corrected chi connectivity index (χ3v) is 3.12. The van der Waals surface area contributed by atoms with Crippen molar-refractivity contribution >= 4 is 23.2 Å². The first kappa shape index (κ1) is 13.2. The summed E-state index contributed by atoms with van der Waals surface area (Å²) < 4.78 is 13.7. The standard InChI is InChI=1S/C13H11Cl2FN2/c1-8-5-9(7-14)18-13(17-8)6-10-11(15)3-2-4-12(10)16/h2-5H,6-7H2,1H3. The molecule has 2 aromatic rings. The summed E-state index contributed by atoms with van der Waals surface area (Å²) in [7, 11) is 0. The zero-order chi connectivity index (χ0) is 13.1. The summed E-state index contributed by atoms with van der Waals surface area (Å²) in [4.78, 5) is 8.53. The zero-order valence-electron chi connectivity index (χ0n) is 9.75. The predicted octanol–water partition coefficient (Wildman–Crippen LogP) is 3.91. The highest BCUT2D eigenvalue weighted by atomic mass is 35.5. The van der Waals surface area contributed by atoms with E-state index in [0.29, 0.717) is 22.3 Å². The lowest BCUT2D eigenvalue weighted by atomic mass is 10.1. The monoisotopic (exact) mass is 284 g/mol. The van der Waals surface area contributed by atoms with Crippen LogP contribution in [0.3, 0.4) is 0 Å². The van der Waals surface area contributed by atoms with Crippen molar-refractivity contribution < 1.29 is 4.39 Å². The van der Waals surface area contributed by atoms with Crippen LogP contribution < -0.4 is 0 Å². The topological polar surface area (TPSA) is 25.8 Å². The second-order valence-corrected chi connectivity index (χ2v) is 4.60. The Morgan fingerprint density at radius 3 is 2.72 bits per heavy atom. The molecule has 0 amide bonds. The number of nitrogens with zero attached hydrogens (tertiary/aromatic N) is 2. The number of hydrogen-bond donors (Lipinski definition) is 0. The van der Waals surface area contributed by atoms with E-state index in [0.717, 1.165) is 11.4 Å². The van der Waals surface area contributed by atoms with Crippen LogP contribution in [0.4, 0.5) is 4.39 Å². The Morgan fingerprint density at radius 1 is 1.28 bits per heavy atom. The molecule has 0 saturated heterocycles. The Bertz CT molecular complexity index is 553. The lowest BCUT2D eigenvalue weighted by Gasteiger charge is -2.07. The van der Waals surface area contributed by atoms with Crippen molar-refractivity contribution in [1.29, 1.82) is 0 Å². The fourth-order valence-corrected chi connectivity index (χ4v) is 2.07. The van der Waals surface area contributed by atoms with E-state index in [2.05, 4.69) is 9.97 Å². The number of alkyl halides is 1. The minimum Gasteiger partial charge on any atom is -0.238 e. The highest BCUT2D eigenvalue weighted by molar-refractivity contribution is 6.31. The molecule has 18 heavy (non-hydrogen) atoms. The summed E-state index contributed by atoms with van der Waals surface area (Å²) >= 11 is 11.7. The van der Waals surface area contributed by atoms with Crippen molar-refractivity contribution in [2.24, 2.45) is 0 Å². The van der Waals surface area contributed by atoms with Crippen LogP contribution in [0.2, 0.25) is 5.02 Å². The summed E-state index contributed by atoms with van der Waals surface area (Å²) in [5.74, 6) is 0.485. The van der Waals surface area contributed by atoms with Gasteiger partial charge in [-0.15, -0.1) is 11.6 Å². The quantitative estimate of drug-likeness (QED) is 0.799. The maximum atomic E-state index is 13.7. The number of rotatable bonds is 3. The molecule has 1 aromatic heterocycles. The molecule has 0 spiro atoms. The van der Waals surface area contributed by atoms with E-state index in [4.69, 9.17) is 23.2 Å². The van der Waals surface area contributed by atoms with Crippen LogP contribution in [-0.4, -0.2) is 9.97 Å². The van der Waals surface area contributed by atoms with Crippen molar-refractivity contribution in [3.63, 3.8) is 0 Å². The minimum atomic E-state index is -0.347. The molecule has 0 unspecified atom stereocenters. The summed E-state index contributed by atoms with van der Waals surface area (Å²) in [6.45, 7) is 1.85. The largest absolute Gasteiger partial charge is 0.238 e. The van der Waals surface area contributed by atoms with Crippen molar-refractivity contribution in [1.82, 2.24) is 9.97 Å². The van der Waals surface area contributed by atoms with Crippen LogP contribution in [0.1, 0.15) is 22.8 Å². The van der Waals surface area contributed by atoms with Gasteiger partial charge in [-0.25, -0.2) is 14.4 Å². The van der Waals surface area contributed by atoms with E-state index in [-0.39, 0.29) is 12.2 Å². The summed E-state index contributed by atoms with van der Waals surface area (Å²) in [5, 5.41) is 0.382. The third-order valence-electron chi connectivity index (χ3n) is 2.49. The van der Waals surface area contributed by atoms with E-state index in [1.54, 1.807) is 18.2 Å². The van der Waals surface area contributed by atoms with Crippen LogP contribution in [0.5, 0.6) is 0 Å². The van der Waals surface area contributed by atoms with Gasteiger partial charge in [0.25, 0.3) is 0 Å². The Balaban J connectivity index is 2.37. The van der Waals surface area contributed by atoms with Crippen LogP contribution in [0.15, 0.2) is 24.3 Å². The minimum absolute atomic E-state index is 0.261. The van der Waals surface area contributed by atoms with Gasteiger partial charge < -0.3 is 0 Å². The molecule has 5 heteroatoms. The lowest BCUT2D eigenvalue weighted by molar-refractivity contribution is 0.612. The summed E-state index contributed by atoms with van der Waals surface area (Å²) in [6, 6.07) is 6.40. The van der Waals surface area contributed by atoms with Gasteiger partial charge in [-0.05, 0) is 25.1 Å². The molecule has 0 aliphatic rings. The van der Waals surface area contributed by atoms with Gasteiger partial charge in [-0.1, -0.05) is 17.7 Å². The molecule has 0 atom stereocenters. The predicted molar refractivity (Wildman–Crippen MR) is 70.5 cm³/mol. The number of benzene rings is 1. The molecular weight excluding hydrogens is 274 g/mol. The summed E-state index contributed by atoms with van der Waals surface area (Å²) in [6.07, 6.45) is 0.261. The zero-order valence-corrected chi connectivity index (χ0v) is 11.3. The highest BCUT2D eigenvalue weighted by Gasteiger charge is 2.10. The fourth-order valence-electron chi connectivity index (χ4n) is 1.71. The van der Waals surface area contributed by atoms with Gasteiger partial charge in [0.2, 0.25) is 0 Å². The molecule has 0 radical (unpaired) electrons. The number of aromatic nitrogens is 2. The van der Waals surface area contributed by atoms with E-state index in [9.17, 15) is 4.39 Å². The molecule has 0 saturated carbocycles. The van der Waals surface area contributed by atoms with Crippen molar-refractivity contribution in [2.45, 2.75) is 19.2 Å². The van der Waals surface area contributed by atoms with E-state index >= 15 is 0 Å². The Labute approximate surface area is 115 Å². The lowest BCUT2D eigenvalue weighted by Crippen LogP contribution is -2.03. The van der Waals surface area contributed by atoms with Crippen molar-refractivity contribution in [3.8, 4) is 0 Å². The molecule has 0 N–H and O–H groups in total. The second kappa shape index (κ2) is 5.63. The second-order valence-electron chi connectivity index (χ2n) is 3.93. The molecule has 0 aliphatic heterocycles. The molecular formula is C13H11Cl2FN2. The number of aryl methyl sites for hydroxylation is 1. The number of hydrogen-bond acceptors (Lipinski definition) is 2. The molecule has 94 valence electrons. The van der Waals surface area contributed by atoms with Crippen LogP contribution >= 0.6 is 23.2 Å². The maximum Gasteiger partial charge on any atom is 0.133 e. The molecule has 0 bridgehead atoms. The van der Waals surface area contributed by atoms with Gasteiger partial charge in [-0.2, -0.15) is 0 Å². The van der Waals surface area contributed by atoms with Gasteiger partial charge in [0.15, 0.2) is 0 Å². The maximum absolute atomic E-state index is 13.7. The molecule has 2 nitrogen and oxygen atoms in total. The third kappa shape index (κ3) is 2.98. The van der Waals surface area contributed by atoms with Crippen LogP contribution in [0.25, 0.3) is 0 Å². The fraction of sp³-hybridized carbons (Fsp3) is 0.231. The van der Waals surface area contributed by atoms with E-state index < -0.39 is 0 Å². The first-order valence-corrected chi connectivity index (χ1v) is 6.33. The summed E-state index contributed by atoms with van der Waals surface area (Å²) in [5.41, 5.74) is 1.94. The highest BCUT2D eigenvalue weighted by Crippen LogP contribution is 2.21. The van der Waals surface area contributed by atoms with Crippen LogP contribution in [0, 0.1) is 12.7 Å². The number of halogens is 3. The first-order chi connectivity index (χ1) is 8.60. The van der Waals surface area contributed by atoms with Gasteiger partial charge in [-0.3, -0.25) is 0 Å². The van der Waals surface area contributed by atoms with Crippen molar-refractivity contribution in [2.75, 3.05) is 0 Å². The normalized spacial score (nSPS) is 10.7.